The molecule has 0 amide bonds. The lowest BCUT2D eigenvalue weighted by Gasteiger charge is -2.16. The van der Waals surface area contributed by atoms with Gasteiger partial charge in [-0.15, -0.1) is 0 Å². The molecule has 0 spiro atoms. The van der Waals surface area contributed by atoms with Crippen LogP contribution in [0.4, 0.5) is 10.1 Å². The molecule has 1 aliphatic carbocycles. The van der Waals surface area contributed by atoms with Crippen LogP contribution < -0.4 is 5.32 Å². The highest BCUT2D eigenvalue weighted by Gasteiger charge is 2.34. The lowest BCUT2D eigenvalue weighted by atomic mass is 10.2. The fourth-order valence-corrected chi connectivity index (χ4v) is 2.74. The molecule has 1 unspecified atom stereocenters. The van der Waals surface area contributed by atoms with Crippen LogP contribution >= 0.6 is 15.9 Å². The Morgan fingerprint density at radius 3 is 2.82 bits per heavy atom. The van der Waals surface area contributed by atoms with Crippen molar-refractivity contribution in [3.63, 3.8) is 0 Å². The van der Waals surface area contributed by atoms with Gasteiger partial charge in [0.15, 0.2) is 0 Å². The van der Waals surface area contributed by atoms with Crippen LogP contribution in [0.1, 0.15) is 19.3 Å². The largest absolute Gasteiger partial charge is 0.381 e. The summed E-state index contributed by atoms with van der Waals surface area (Å²) < 4.78 is 13.9. The highest BCUT2D eigenvalue weighted by Crippen LogP contribution is 2.30. The van der Waals surface area contributed by atoms with Crippen LogP contribution in [-0.2, 0) is 0 Å². The van der Waals surface area contributed by atoms with Crippen molar-refractivity contribution < 1.29 is 4.39 Å². The zero-order chi connectivity index (χ0) is 11.8. The summed E-state index contributed by atoms with van der Waals surface area (Å²) in [5.74, 6) is -0.202. The molecule has 1 N–H and O–H groups in total. The van der Waals surface area contributed by atoms with Crippen molar-refractivity contribution in [2.24, 2.45) is 0 Å². The standard InChI is InChI=1S/C13H16BrFN2/c14-12-4-1-9(7-13(12)15)16-10-5-6-17(8-10)11-2-3-11/h1,4,7,10-11,16H,2-3,5-6,8H2. The number of hydrogen-bond acceptors (Lipinski definition) is 2. The minimum Gasteiger partial charge on any atom is -0.381 e. The normalized spacial score (nSPS) is 25.2. The molecule has 2 nitrogen and oxygen atoms in total. The number of nitrogens with one attached hydrogen (secondary N) is 1. The van der Waals surface area contributed by atoms with Crippen LogP contribution in [0.2, 0.25) is 0 Å². The van der Waals surface area contributed by atoms with E-state index in [2.05, 4.69) is 26.1 Å². The summed E-state index contributed by atoms with van der Waals surface area (Å²) in [6.45, 7) is 2.28. The molecule has 1 saturated carbocycles. The predicted octanol–water partition coefficient (Wildman–Crippen LogP) is 3.24. The maximum absolute atomic E-state index is 13.4. The molecular weight excluding hydrogens is 283 g/mol. The molecule has 2 aliphatic rings. The molecule has 3 rings (SSSR count). The summed E-state index contributed by atoms with van der Waals surface area (Å²) in [5, 5.41) is 3.42. The summed E-state index contributed by atoms with van der Waals surface area (Å²) >= 11 is 3.17. The predicted molar refractivity (Wildman–Crippen MR) is 70.7 cm³/mol. The van der Waals surface area contributed by atoms with Crippen LogP contribution in [-0.4, -0.2) is 30.1 Å². The number of anilines is 1. The van der Waals surface area contributed by atoms with E-state index in [9.17, 15) is 4.39 Å². The van der Waals surface area contributed by atoms with E-state index in [1.54, 1.807) is 12.1 Å². The molecule has 1 atom stereocenters. The Hall–Kier alpha value is -0.610. The SMILES string of the molecule is Fc1cc(NC2CCN(C3CC3)C2)ccc1Br. The van der Waals surface area contributed by atoms with Crippen LogP contribution in [0, 0.1) is 5.82 Å². The quantitative estimate of drug-likeness (QED) is 0.922. The van der Waals surface area contributed by atoms with E-state index in [1.165, 1.54) is 19.4 Å². The van der Waals surface area contributed by atoms with Crippen molar-refractivity contribution in [3.8, 4) is 0 Å². The van der Waals surface area contributed by atoms with Crippen molar-refractivity contribution in [2.75, 3.05) is 18.4 Å². The molecule has 0 bridgehead atoms. The number of likely N-dealkylation sites (tertiary alicyclic amines) is 1. The second-order valence-corrected chi connectivity index (χ2v) is 5.84. The fourth-order valence-electron chi connectivity index (χ4n) is 2.50. The minimum atomic E-state index is -0.202. The van der Waals surface area contributed by atoms with Gasteiger partial charge in [-0.25, -0.2) is 4.39 Å². The van der Waals surface area contributed by atoms with E-state index in [4.69, 9.17) is 0 Å². The van der Waals surface area contributed by atoms with E-state index in [1.807, 2.05) is 6.07 Å². The van der Waals surface area contributed by atoms with Crippen LogP contribution in [0.15, 0.2) is 22.7 Å². The molecule has 1 saturated heterocycles. The number of nitrogens with zero attached hydrogens (tertiary/aromatic N) is 1. The van der Waals surface area contributed by atoms with E-state index in [0.29, 0.717) is 10.5 Å². The van der Waals surface area contributed by atoms with Crippen molar-refractivity contribution in [2.45, 2.75) is 31.3 Å². The highest BCUT2D eigenvalue weighted by molar-refractivity contribution is 9.10. The Morgan fingerprint density at radius 2 is 2.12 bits per heavy atom. The Balaban J connectivity index is 1.61. The van der Waals surface area contributed by atoms with E-state index in [-0.39, 0.29) is 5.82 Å². The number of hydrogen-bond donors (Lipinski definition) is 1. The van der Waals surface area contributed by atoms with Crippen LogP contribution in [0.25, 0.3) is 0 Å². The third-order valence-corrected chi connectivity index (χ3v) is 4.22. The Morgan fingerprint density at radius 1 is 1.29 bits per heavy atom. The van der Waals surface area contributed by atoms with Gasteiger partial charge in [0, 0.05) is 30.9 Å². The van der Waals surface area contributed by atoms with Crippen molar-refractivity contribution in [1.29, 1.82) is 0 Å². The van der Waals surface area contributed by atoms with Gasteiger partial charge < -0.3 is 5.32 Å². The molecule has 0 radical (unpaired) electrons. The van der Waals surface area contributed by atoms with E-state index >= 15 is 0 Å². The van der Waals surface area contributed by atoms with E-state index in [0.717, 1.165) is 24.7 Å². The third-order valence-electron chi connectivity index (χ3n) is 3.57. The summed E-state index contributed by atoms with van der Waals surface area (Å²) in [7, 11) is 0. The first-order valence-electron chi connectivity index (χ1n) is 6.18. The van der Waals surface area contributed by atoms with Crippen molar-refractivity contribution >= 4 is 21.6 Å². The first kappa shape index (κ1) is 11.5. The lowest BCUT2D eigenvalue weighted by Crippen LogP contribution is -2.27. The minimum absolute atomic E-state index is 0.202. The fraction of sp³-hybridized carbons (Fsp3) is 0.538. The second-order valence-electron chi connectivity index (χ2n) is 4.98. The second kappa shape index (κ2) is 4.58. The summed E-state index contributed by atoms with van der Waals surface area (Å²) in [6, 6.07) is 6.54. The number of benzene rings is 1. The lowest BCUT2D eigenvalue weighted by molar-refractivity contribution is 0.326. The summed E-state index contributed by atoms with van der Waals surface area (Å²) in [5.41, 5.74) is 0.883. The van der Waals surface area contributed by atoms with Gasteiger partial charge in [0.1, 0.15) is 5.82 Å². The van der Waals surface area contributed by atoms with Gasteiger partial charge in [-0.1, -0.05) is 0 Å². The van der Waals surface area contributed by atoms with Gasteiger partial charge in [-0.3, -0.25) is 4.90 Å². The maximum atomic E-state index is 13.4. The average Bonchev–Trinajstić information content (AvgIpc) is 3.06. The highest BCUT2D eigenvalue weighted by atomic mass is 79.9. The third kappa shape index (κ3) is 2.63. The maximum Gasteiger partial charge on any atom is 0.139 e. The first-order chi connectivity index (χ1) is 8.22. The van der Waals surface area contributed by atoms with Gasteiger partial charge in [-0.2, -0.15) is 0 Å². The molecule has 0 aromatic heterocycles. The van der Waals surface area contributed by atoms with Crippen molar-refractivity contribution in [3.05, 3.63) is 28.5 Å². The van der Waals surface area contributed by atoms with Crippen LogP contribution in [0.3, 0.4) is 0 Å². The smallest absolute Gasteiger partial charge is 0.139 e. The topological polar surface area (TPSA) is 15.3 Å². The molecule has 92 valence electrons. The Bertz CT molecular complexity index is 420. The van der Waals surface area contributed by atoms with Gasteiger partial charge >= 0.3 is 0 Å². The monoisotopic (exact) mass is 298 g/mol. The zero-order valence-electron chi connectivity index (χ0n) is 9.63. The van der Waals surface area contributed by atoms with Crippen LogP contribution in [0.5, 0.6) is 0 Å². The summed E-state index contributed by atoms with van der Waals surface area (Å²) in [6.07, 6.45) is 3.88. The average molecular weight is 299 g/mol. The van der Waals surface area contributed by atoms with Gasteiger partial charge in [0.2, 0.25) is 0 Å². The van der Waals surface area contributed by atoms with Gasteiger partial charge in [-0.05, 0) is 53.4 Å². The molecule has 4 heteroatoms. The number of halogens is 2. The molecular formula is C13H16BrFN2. The Labute approximate surface area is 109 Å². The van der Waals surface area contributed by atoms with Gasteiger partial charge in [0.05, 0.1) is 4.47 Å². The van der Waals surface area contributed by atoms with E-state index < -0.39 is 0 Å². The summed E-state index contributed by atoms with van der Waals surface area (Å²) in [4.78, 5) is 2.55. The molecule has 1 aliphatic heterocycles. The molecule has 1 aromatic carbocycles. The first-order valence-corrected chi connectivity index (χ1v) is 6.97. The number of rotatable bonds is 3. The molecule has 17 heavy (non-hydrogen) atoms. The zero-order valence-corrected chi connectivity index (χ0v) is 11.2. The molecule has 2 fully saturated rings. The van der Waals surface area contributed by atoms with Gasteiger partial charge in [0.25, 0.3) is 0 Å². The van der Waals surface area contributed by atoms with Crippen molar-refractivity contribution in [1.82, 2.24) is 4.90 Å². The molecule has 1 aromatic rings. The Kier molecular flexibility index (Phi) is 3.09. The molecule has 1 heterocycles.